The normalized spacial score (nSPS) is 12.3. The highest BCUT2D eigenvalue weighted by Crippen LogP contribution is 2.33. The highest BCUT2D eigenvalue weighted by Gasteiger charge is 2.15. The van der Waals surface area contributed by atoms with Gasteiger partial charge in [-0.3, -0.25) is 0 Å². The number of hydrogen-bond donors (Lipinski definition) is 1. The summed E-state index contributed by atoms with van der Waals surface area (Å²) in [4.78, 5) is 0. The topological polar surface area (TPSA) is 47.9 Å². The number of rotatable bonds is 6. The summed E-state index contributed by atoms with van der Waals surface area (Å²) in [6.07, 6.45) is 0. The molecule has 1 aromatic rings. The van der Waals surface area contributed by atoms with Crippen molar-refractivity contribution in [2.75, 3.05) is 27.9 Å². The largest absolute Gasteiger partial charge is 0.496 e. The number of hydrogen-bond acceptors (Lipinski definition) is 4. The Bertz CT molecular complexity index is 337. The zero-order valence-electron chi connectivity index (χ0n) is 10.8. The fourth-order valence-electron chi connectivity index (χ4n) is 1.68. The number of aliphatic hydroxyl groups is 1. The van der Waals surface area contributed by atoms with Crippen LogP contribution in [-0.4, -0.2) is 33.0 Å². The Morgan fingerprint density at radius 3 is 2.00 bits per heavy atom. The summed E-state index contributed by atoms with van der Waals surface area (Å²) in [7, 11) is 4.85. The summed E-state index contributed by atoms with van der Waals surface area (Å²) >= 11 is 0. The van der Waals surface area contributed by atoms with Crippen LogP contribution >= 0.6 is 0 Å². The predicted molar refractivity (Wildman–Crippen MR) is 65.8 cm³/mol. The third-order valence-corrected chi connectivity index (χ3v) is 2.76. The summed E-state index contributed by atoms with van der Waals surface area (Å²) in [6, 6.07) is 3.83. The Morgan fingerprint density at radius 1 is 1.12 bits per heavy atom. The molecule has 0 aromatic heterocycles. The molecular formula is C13H20O4. The first-order valence-electron chi connectivity index (χ1n) is 5.52. The van der Waals surface area contributed by atoms with E-state index >= 15 is 0 Å². The maximum atomic E-state index is 9.18. The van der Waals surface area contributed by atoms with Gasteiger partial charge in [0.05, 0.1) is 26.4 Å². The van der Waals surface area contributed by atoms with Crippen LogP contribution in [0.5, 0.6) is 11.5 Å². The van der Waals surface area contributed by atoms with E-state index in [4.69, 9.17) is 14.2 Å². The van der Waals surface area contributed by atoms with Crippen LogP contribution in [-0.2, 0) is 11.3 Å². The van der Waals surface area contributed by atoms with Gasteiger partial charge in [0, 0.05) is 19.6 Å². The number of aliphatic hydroxyl groups excluding tert-OH is 1. The Kier molecular flexibility index (Phi) is 5.25. The summed E-state index contributed by atoms with van der Waals surface area (Å²) in [5.74, 6) is 1.50. The number of benzene rings is 1. The minimum atomic E-state index is 0.0504. The molecule has 0 aliphatic carbocycles. The molecule has 96 valence electrons. The molecule has 0 saturated carbocycles. The van der Waals surface area contributed by atoms with E-state index in [-0.39, 0.29) is 12.5 Å². The fourth-order valence-corrected chi connectivity index (χ4v) is 1.68. The third-order valence-electron chi connectivity index (χ3n) is 2.76. The quantitative estimate of drug-likeness (QED) is 0.825. The molecule has 0 radical (unpaired) electrons. The van der Waals surface area contributed by atoms with E-state index in [1.165, 1.54) is 0 Å². The minimum Gasteiger partial charge on any atom is -0.496 e. The second-order valence-electron chi connectivity index (χ2n) is 3.92. The Balaban J connectivity index is 3.23. The monoisotopic (exact) mass is 240 g/mol. The maximum absolute atomic E-state index is 9.18. The molecule has 4 heteroatoms. The first kappa shape index (κ1) is 13.8. The number of ether oxygens (including phenoxy) is 3. The molecule has 0 amide bonds. The maximum Gasteiger partial charge on any atom is 0.128 e. The van der Waals surface area contributed by atoms with Crippen LogP contribution in [0.25, 0.3) is 0 Å². The van der Waals surface area contributed by atoms with Gasteiger partial charge >= 0.3 is 0 Å². The van der Waals surface area contributed by atoms with E-state index in [1.54, 1.807) is 21.3 Å². The average molecular weight is 240 g/mol. The van der Waals surface area contributed by atoms with E-state index in [1.807, 2.05) is 19.1 Å². The molecule has 0 bridgehead atoms. The molecule has 17 heavy (non-hydrogen) atoms. The SMILES string of the molecule is COCc1c(OC)cc(C(C)CO)cc1OC. The summed E-state index contributed by atoms with van der Waals surface area (Å²) in [5, 5.41) is 9.18. The van der Waals surface area contributed by atoms with Gasteiger partial charge in [-0.2, -0.15) is 0 Å². The Labute approximate surface area is 102 Å². The average Bonchev–Trinajstić information content (AvgIpc) is 2.38. The summed E-state index contributed by atoms with van der Waals surface area (Å²) < 4.78 is 15.8. The smallest absolute Gasteiger partial charge is 0.128 e. The van der Waals surface area contributed by atoms with Crippen LogP contribution in [0.15, 0.2) is 12.1 Å². The highest BCUT2D eigenvalue weighted by atomic mass is 16.5. The van der Waals surface area contributed by atoms with E-state index < -0.39 is 0 Å². The van der Waals surface area contributed by atoms with Gasteiger partial charge in [0.1, 0.15) is 11.5 Å². The van der Waals surface area contributed by atoms with Crippen molar-refractivity contribution in [3.8, 4) is 11.5 Å². The summed E-state index contributed by atoms with van der Waals surface area (Å²) in [6.45, 7) is 2.47. The Hall–Kier alpha value is -1.26. The van der Waals surface area contributed by atoms with Gasteiger partial charge in [0.2, 0.25) is 0 Å². The van der Waals surface area contributed by atoms with Crippen LogP contribution in [0.2, 0.25) is 0 Å². The zero-order valence-corrected chi connectivity index (χ0v) is 10.8. The van der Waals surface area contributed by atoms with Crippen LogP contribution in [0.3, 0.4) is 0 Å². The molecule has 1 N–H and O–H groups in total. The van der Waals surface area contributed by atoms with Gasteiger partial charge in [-0.15, -0.1) is 0 Å². The predicted octanol–water partition coefficient (Wildman–Crippen LogP) is 1.95. The van der Waals surface area contributed by atoms with E-state index in [2.05, 4.69) is 0 Å². The lowest BCUT2D eigenvalue weighted by atomic mass is 9.99. The first-order chi connectivity index (χ1) is 8.17. The molecule has 1 aromatic carbocycles. The second-order valence-corrected chi connectivity index (χ2v) is 3.92. The van der Waals surface area contributed by atoms with Gasteiger partial charge in [-0.1, -0.05) is 6.92 Å². The fraction of sp³-hybridized carbons (Fsp3) is 0.538. The van der Waals surface area contributed by atoms with Gasteiger partial charge in [0.15, 0.2) is 0 Å². The van der Waals surface area contributed by atoms with Crippen molar-refractivity contribution in [3.63, 3.8) is 0 Å². The van der Waals surface area contributed by atoms with Crippen molar-refractivity contribution < 1.29 is 19.3 Å². The van der Waals surface area contributed by atoms with Crippen LogP contribution in [0.1, 0.15) is 24.0 Å². The molecule has 0 aliphatic rings. The van der Waals surface area contributed by atoms with Gasteiger partial charge in [-0.05, 0) is 17.7 Å². The molecule has 1 atom stereocenters. The van der Waals surface area contributed by atoms with Crippen LogP contribution in [0.4, 0.5) is 0 Å². The zero-order chi connectivity index (χ0) is 12.8. The molecule has 4 nitrogen and oxygen atoms in total. The van der Waals surface area contributed by atoms with Crippen LogP contribution in [0, 0.1) is 0 Å². The molecular weight excluding hydrogens is 220 g/mol. The summed E-state index contributed by atoms with van der Waals surface area (Å²) in [5.41, 5.74) is 1.87. The lowest BCUT2D eigenvalue weighted by Gasteiger charge is -2.17. The molecule has 0 aliphatic heterocycles. The molecule has 0 saturated heterocycles. The van der Waals surface area contributed by atoms with E-state index in [0.29, 0.717) is 6.61 Å². The third kappa shape index (κ3) is 3.11. The van der Waals surface area contributed by atoms with Gasteiger partial charge in [-0.25, -0.2) is 0 Å². The van der Waals surface area contributed by atoms with Crippen molar-refractivity contribution >= 4 is 0 Å². The van der Waals surface area contributed by atoms with Gasteiger partial charge in [0.25, 0.3) is 0 Å². The number of methoxy groups -OCH3 is 3. The molecule has 1 rings (SSSR count). The molecule has 0 heterocycles. The lowest BCUT2D eigenvalue weighted by molar-refractivity contribution is 0.178. The molecule has 0 fully saturated rings. The van der Waals surface area contributed by atoms with E-state index in [9.17, 15) is 5.11 Å². The van der Waals surface area contributed by atoms with E-state index in [0.717, 1.165) is 22.6 Å². The van der Waals surface area contributed by atoms with Crippen molar-refractivity contribution in [1.82, 2.24) is 0 Å². The van der Waals surface area contributed by atoms with Crippen molar-refractivity contribution in [3.05, 3.63) is 23.3 Å². The first-order valence-corrected chi connectivity index (χ1v) is 5.52. The van der Waals surface area contributed by atoms with Crippen molar-refractivity contribution in [2.45, 2.75) is 19.4 Å². The van der Waals surface area contributed by atoms with Crippen molar-refractivity contribution in [1.29, 1.82) is 0 Å². The van der Waals surface area contributed by atoms with Crippen LogP contribution < -0.4 is 9.47 Å². The molecule has 0 spiro atoms. The minimum absolute atomic E-state index is 0.0504. The molecule has 1 unspecified atom stereocenters. The lowest BCUT2D eigenvalue weighted by Crippen LogP contribution is -2.04. The standard InChI is InChI=1S/C13H20O4/c1-9(7-14)10-5-12(16-3)11(8-15-2)13(6-10)17-4/h5-6,9,14H,7-8H2,1-4H3. The second kappa shape index (κ2) is 6.47. The Morgan fingerprint density at radius 2 is 1.65 bits per heavy atom. The highest BCUT2D eigenvalue weighted by molar-refractivity contribution is 5.48. The van der Waals surface area contributed by atoms with Crippen molar-refractivity contribution in [2.24, 2.45) is 0 Å². The van der Waals surface area contributed by atoms with Gasteiger partial charge < -0.3 is 19.3 Å².